The second kappa shape index (κ2) is 7.03. The summed E-state index contributed by atoms with van der Waals surface area (Å²) in [4.78, 5) is 12.9. The maximum atomic E-state index is 12.9. The van der Waals surface area contributed by atoms with Crippen molar-refractivity contribution in [1.82, 2.24) is 29.7 Å². The number of nitrogens with one attached hydrogen (secondary N) is 1. The lowest BCUT2D eigenvalue weighted by atomic mass is 10.1. The summed E-state index contributed by atoms with van der Waals surface area (Å²) < 4.78 is 3.69. The molecule has 0 aliphatic heterocycles. The highest BCUT2D eigenvalue weighted by Crippen LogP contribution is 2.18. The van der Waals surface area contributed by atoms with Crippen LogP contribution in [0.15, 0.2) is 60.9 Å². The molecule has 7 nitrogen and oxygen atoms in total. The Balaban J connectivity index is 1.61. The smallest absolute Gasteiger partial charge is 0.255 e. The van der Waals surface area contributed by atoms with Gasteiger partial charge in [-0.15, -0.1) is 10.2 Å². The fraction of sp³-hybridized carbons (Fsp3) is 0.200. The Morgan fingerprint density at radius 2 is 1.89 bits per heavy atom. The van der Waals surface area contributed by atoms with Crippen LogP contribution in [0.4, 0.5) is 0 Å². The molecule has 1 atom stereocenters. The lowest BCUT2D eigenvalue weighted by molar-refractivity contribution is 0.0937. The Labute approximate surface area is 156 Å². The van der Waals surface area contributed by atoms with Gasteiger partial charge in [0.15, 0.2) is 11.5 Å². The fourth-order valence-corrected chi connectivity index (χ4v) is 3.19. The topological polar surface area (TPSA) is 77.1 Å². The van der Waals surface area contributed by atoms with Gasteiger partial charge in [-0.05, 0) is 37.6 Å². The lowest BCUT2D eigenvalue weighted by Crippen LogP contribution is -2.28. The molecular weight excluding hydrogens is 340 g/mol. The largest absolute Gasteiger partial charge is 0.342 e. The monoisotopic (exact) mass is 360 g/mol. The summed E-state index contributed by atoms with van der Waals surface area (Å²) in [6.45, 7) is 3.91. The summed E-state index contributed by atoms with van der Waals surface area (Å²) in [5.74, 6) is 0.515. The molecule has 0 aliphatic carbocycles. The Bertz CT molecular complexity index is 1080. The van der Waals surface area contributed by atoms with Gasteiger partial charge in [0.2, 0.25) is 0 Å². The summed E-state index contributed by atoms with van der Waals surface area (Å²) in [5.41, 5.74) is 3.13. The van der Waals surface area contributed by atoms with Gasteiger partial charge in [0, 0.05) is 6.20 Å². The van der Waals surface area contributed by atoms with Crippen LogP contribution in [-0.2, 0) is 6.42 Å². The van der Waals surface area contributed by atoms with Crippen LogP contribution in [0.25, 0.3) is 11.3 Å². The van der Waals surface area contributed by atoms with Gasteiger partial charge < -0.3 is 5.32 Å². The number of nitrogens with zero attached hydrogens (tertiary/aromatic N) is 5. The Hall–Kier alpha value is -3.48. The number of rotatable bonds is 5. The minimum atomic E-state index is -0.292. The second-order valence-electron chi connectivity index (χ2n) is 6.29. The number of hydrogen-bond acceptors (Lipinski definition) is 4. The minimum absolute atomic E-state index is 0.172. The van der Waals surface area contributed by atoms with Crippen molar-refractivity contribution >= 4 is 11.6 Å². The number of pyridine rings is 1. The van der Waals surface area contributed by atoms with E-state index in [1.54, 1.807) is 6.20 Å². The molecule has 4 rings (SSSR count). The second-order valence-corrected chi connectivity index (χ2v) is 6.29. The maximum absolute atomic E-state index is 12.9. The summed E-state index contributed by atoms with van der Waals surface area (Å²) in [7, 11) is 0. The summed E-state index contributed by atoms with van der Waals surface area (Å²) in [6.07, 6.45) is 4.20. The van der Waals surface area contributed by atoms with Gasteiger partial charge in [0.1, 0.15) is 0 Å². The molecule has 0 bridgehead atoms. The zero-order chi connectivity index (χ0) is 18.8. The standard InChI is InChI=1S/C20H20N6O/c1-3-17-16(13-21-26(17)15-9-5-4-6-10-15)20(27)22-14(2)19-24-23-18-11-7-8-12-25(18)19/h4-14H,3H2,1-2H3,(H,22,27). The first kappa shape index (κ1) is 17.0. The number of hydrogen-bond donors (Lipinski definition) is 1. The highest BCUT2D eigenvalue weighted by atomic mass is 16.1. The van der Waals surface area contributed by atoms with Crippen molar-refractivity contribution < 1.29 is 4.79 Å². The summed E-state index contributed by atoms with van der Waals surface area (Å²) >= 11 is 0. The SMILES string of the molecule is CCc1c(C(=O)NC(C)c2nnc3ccccn23)cnn1-c1ccccc1. The van der Waals surface area contributed by atoms with Gasteiger partial charge in [-0.25, -0.2) is 4.68 Å². The van der Waals surface area contributed by atoms with E-state index in [1.807, 2.05) is 77.7 Å². The molecule has 0 fully saturated rings. The van der Waals surface area contributed by atoms with Gasteiger partial charge in [-0.2, -0.15) is 5.10 Å². The number of amides is 1. The third kappa shape index (κ3) is 3.08. The van der Waals surface area contributed by atoms with E-state index < -0.39 is 0 Å². The van der Waals surface area contributed by atoms with Crippen LogP contribution in [0.3, 0.4) is 0 Å². The molecule has 0 saturated heterocycles. The Morgan fingerprint density at radius 3 is 2.67 bits per heavy atom. The zero-order valence-corrected chi connectivity index (χ0v) is 15.2. The van der Waals surface area contributed by atoms with Crippen molar-refractivity contribution in [2.75, 3.05) is 0 Å². The highest BCUT2D eigenvalue weighted by Gasteiger charge is 2.21. The molecule has 0 saturated carbocycles. The minimum Gasteiger partial charge on any atom is -0.342 e. The molecule has 27 heavy (non-hydrogen) atoms. The lowest BCUT2D eigenvalue weighted by Gasteiger charge is -2.13. The van der Waals surface area contributed by atoms with E-state index >= 15 is 0 Å². The fourth-order valence-electron chi connectivity index (χ4n) is 3.19. The van der Waals surface area contributed by atoms with Crippen LogP contribution in [0.5, 0.6) is 0 Å². The molecule has 1 unspecified atom stereocenters. The molecule has 0 radical (unpaired) electrons. The Morgan fingerprint density at radius 1 is 1.11 bits per heavy atom. The van der Waals surface area contributed by atoms with Crippen LogP contribution in [0.1, 0.15) is 41.8 Å². The van der Waals surface area contributed by atoms with Crippen molar-refractivity contribution in [3.8, 4) is 5.69 Å². The average Bonchev–Trinajstić information content (AvgIpc) is 3.32. The highest BCUT2D eigenvalue weighted by molar-refractivity contribution is 5.95. The van der Waals surface area contributed by atoms with Gasteiger partial charge in [-0.3, -0.25) is 9.20 Å². The molecule has 0 aliphatic rings. The van der Waals surface area contributed by atoms with Gasteiger partial charge in [0.05, 0.1) is 29.2 Å². The first-order valence-electron chi connectivity index (χ1n) is 8.92. The van der Waals surface area contributed by atoms with E-state index in [4.69, 9.17) is 0 Å². The number of aromatic nitrogens is 5. The van der Waals surface area contributed by atoms with Gasteiger partial charge in [0.25, 0.3) is 5.91 Å². The molecule has 3 heterocycles. The predicted octanol–water partition coefficient (Wildman–Crippen LogP) is 2.97. The maximum Gasteiger partial charge on any atom is 0.255 e. The van der Waals surface area contributed by atoms with Crippen LogP contribution in [0, 0.1) is 0 Å². The zero-order valence-electron chi connectivity index (χ0n) is 15.2. The van der Waals surface area contributed by atoms with E-state index in [9.17, 15) is 4.79 Å². The van der Waals surface area contributed by atoms with Crippen LogP contribution in [-0.4, -0.2) is 30.3 Å². The normalized spacial score (nSPS) is 12.2. The molecule has 7 heteroatoms. The predicted molar refractivity (Wildman–Crippen MR) is 102 cm³/mol. The molecule has 1 aromatic carbocycles. The summed E-state index contributed by atoms with van der Waals surface area (Å²) in [6, 6.07) is 15.2. The van der Waals surface area contributed by atoms with Crippen molar-refractivity contribution in [3.63, 3.8) is 0 Å². The third-order valence-corrected chi connectivity index (χ3v) is 4.52. The first-order valence-corrected chi connectivity index (χ1v) is 8.92. The van der Waals surface area contributed by atoms with Gasteiger partial charge in [-0.1, -0.05) is 31.2 Å². The summed E-state index contributed by atoms with van der Waals surface area (Å²) in [5, 5.41) is 15.8. The number of fused-ring (bicyclic) bond motifs is 1. The third-order valence-electron chi connectivity index (χ3n) is 4.52. The van der Waals surface area contributed by atoms with E-state index in [2.05, 4.69) is 20.6 Å². The van der Waals surface area contributed by atoms with Crippen molar-refractivity contribution in [1.29, 1.82) is 0 Å². The average molecular weight is 360 g/mol. The number of benzene rings is 1. The van der Waals surface area contributed by atoms with Gasteiger partial charge >= 0.3 is 0 Å². The number of carbonyl (C=O) groups is 1. The van der Waals surface area contributed by atoms with Crippen molar-refractivity contribution in [3.05, 3.63) is 78.0 Å². The molecule has 1 N–H and O–H groups in total. The first-order chi connectivity index (χ1) is 13.2. The van der Waals surface area contributed by atoms with Crippen LogP contribution >= 0.6 is 0 Å². The quantitative estimate of drug-likeness (QED) is 0.594. The van der Waals surface area contributed by atoms with E-state index in [1.165, 1.54) is 0 Å². The van der Waals surface area contributed by atoms with Crippen molar-refractivity contribution in [2.24, 2.45) is 0 Å². The Kier molecular flexibility index (Phi) is 4.42. The van der Waals surface area contributed by atoms with Crippen LogP contribution in [0.2, 0.25) is 0 Å². The van der Waals surface area contributed by atoms with E-state index in [0.29, 0.717) is 17.8 Å². The number of carbonyl (C=O) groups excluding carboxylic acids is 1. The molecule has 4 aromatic rings. The van der Waals surface area contributed by atoms with Crippen molar-refractivity contribution in [2.45, 2.75) is 26.3 Å². The molecule has 136 valence electrons. The molecule has 3 aromatic heterocycles. The molecular formula is C20H20N6O. The molecule has 0 spiro atoms. The number of para-hydroxylation sites is 1. The van der Waals surface area contributed by atoms with E-state index in [-0.39, 0.29) is 11.9 Å². The molecule has 1 amide bonds. The van der Waals surface area contributed by atoms with E-state index in [0.717, 1.165) is 17.0 Å². The van der Waals surface area contributed by atoms with Crippen LogP contribution < -0.4 is 5.32 Å².